The van der Waals surface area contributed by atoms with E-state index in [9.17, 15) is 4.79 Å². The summed E-state index contributed by atoms with van der Waals surface area (Å²) < 4.78 is 10.7. The van der Waals surface area contributed by atoms with Gasteiger partial charge in [-0.15, -0.1) is 0 Å². The van der Waals surface area contributed by atoms with Crippen LogP contribution in [0.3, 0.4) is 0 Å². The van der Waals surface area contributed by atoms with Crippen molar-refractivity contribution in [2.45, 2.75) is 38.4 Å². The third kappa shape index (κ3) is 3.52. The monoisotopic (exact) mass is 429 g/mol. The average molecular weight is 430 g/mol. The maximum atomic E-state index is 12.3. The van der Waals surface area contributed by atoms with Crippen LogP contribution in [0, 0.1) is 0 Å². The number of hydrogen-bond donors (Lipinski definition) is 1. The fourth-order valence-corrected chi connectivity index (χ4v) is 5.16. The number of nitrogens with one attached hydrogen (secondary N) is 1. The zero-order chi connectivity index (χ0) is 21.7. The Hall–Kier alpha value is -3.32. The number of carbonyl (C=O) groups is 1. The van der Waals surface area contributed by atoms with E-state index in [0.717, 1.165) is 43.0 Å². The van der Waals surface area contributed by atoms with Crippen LogP contribution in [0.5, 0.6) is 5.75 Å². The van der Waals surface area contributed by atoms with Gasteiger partial charge in [0.1, 0.15) is 11.5 Å². The van der Waals surface area contributed by atoms with Crippen molar-refractivity contribution in [3.8, 4) is 5.75 Å². The molecule has 1 amide bonds. The minimum absolute atomic E-state index is 0.0846. The lowest BCUT2D eigenvalue weighted by atomic mass is 10.0. The normalized spacial score (nSPS) is 21.5. The highest BCUT2D eigenvalue weighted by molar-refractivity contribution is 5.85. The quantitative estimate of drug-likeness (QED) is 0.597. The van der Waals surface area contributed by atoms with E-state index < -0.39 is 0 Å². The van der Waals surface area contributed by atoms with Crippen LogP contribution in [0.1, 0.15) is 24.1 Å². The molecule has 1 aliphatic carbocycles. The van der Waals surface area contributed by atoms with Crippen molar-refractivity contribution in [3.05, 3.63) is 71.7 Å². The van der Waals surface area contributed by atoms with Gasteiger partial charge in [0.2, 0.25) is 5.91 Å². The molecule has 164 valence electrons. The van der Waals surface area contributed by atoms with E-state index in [0.29, 0.717) is 19.6 Å². The lowest BCUT2D eigenvalue weighted by molar-refractivity contribution is -0.125. The summed E-state index contributed by atoms with van der Waals surface area (Å²) in [6.07, 6.45) is 13.2. The van der Waals surface area contributed by atoms with Crippen molar-refractivity contribution in [2.24, 2.45) is 7.05 Å². The Labute approximate surface area is 187 Å². The summed E-state index contributed by atoms with van der Waals surface area (Å²) in [6.45, 7) is 2.51. The first-order valence-corrected chi connectivity index (χ1v) is 11.3. The van der Waals surface area contributed by atoms with Crippen molar-refractivity contribution in [3.63, 3.8) is 0 Å². The van der Waals surface area contributed by atoms with Crippen LogP contribution < -0.4 is 10.1 Å². The molecule has 0 radical (unpaired) electrons. The highest BCUT2D eigenvalue weighted by Gasteiger charge is 2.28. The van der Waals surface area contributed by atoms with Crippen LogP contribution in [0.4, 0.5) is 0 Å². The van der Waals surface area contributed by atoms with Gasteiger partial charge >= 0.3 is 0 Å². The Morgan fingerprint density at radius 2 is 2.16 bits per heavy atom. The molecule has 1 aromatic carbocycles. The van der Waals surface area contributed by atoms with Gasteiger partial charge in [-0.05, 0) is 48.3 Å². The molecule has 7 nitrogen and oxygen atoms in total. The fraction of sp³-hybridized carbons (Fsp3) is 0.360. The molecule has 2 aliphatic heterocycles. The van der Waals surface area contributed by atoms with Crippen LogP contribution in [-0.2, 0) is 31.4 Å². The molecular weight excluding hydrogens is 402 g/mol. The molecule has 1 fully saturated rings. The zero-order valence-electron chi connectivity index (χ0n) is 18.3. The van der Waals surface area contributed by atoms with E-state index >= 15 is 0 Å². The largest absolute Gasteiger partial charge is 0.462 e. The number of imidazole rings is 1. The van der Waals surface area contributed by atoms with Gasteiger partial charge < -0.3 is 19.2 Å². The van der Waals surface area contributed by atoms with Gasteiger partial charge in [-0.1, -0.05) is 6.08 Å². The Morgan fingerprint density at radius 3 is 3.09 bits per heavy atom. The number of piperazine rings is 1. The number of aromatic nitrogens is 3. The number of aryl methyl sites for hydroxylation is 1. The molecule has 0 unspecified atom stereocenters. The molecule has 32 heavy (non-hydrogen) atoms. The molecule has 2 aromatic heterocycles. The van der Waals surface area contributed by atoms with Crippen molar-refractivity contribution < 1.29 is 9.53 Å². The SMILES string of the molecule is Cn1cc2c3cc(ccc31)OC1=CC(=CCC1)Cn1cncc1CN1CC(=O)NC[C@H]1C2. The molecule has 4 bridgehead atoms. The molecule has 6 rings (SSSR count). The Morgan fingerprint density at radius 1 is 1.22 bits per heavy atom. The second kappa shape index (κ2) is 7.67. The van der Waals surface area contributed by atoms with Crippen molar-refractivity contribution in [1.29, 1.82) is 0 Å². The van der Waals surface area contributed by atoms with Gasteiger partial charge in [-0.3, -0.25) is 9.69 Å². The number of fused-ring (bicyclic) bond motifs is 4. The Kier molecular flexibility index (Phi) is 4.64. The minimum Gasteiger partial charge on any atom is -0.462 e. The van der Waals surface area contributed by atoms with E-state index in [-0.39, 0.29) is 11.9 Å². The topological polar surface area (TPSA) is 64.3 Å². The molecule has 1 N–H and O–H groups in total. The third-order valence-corrected chi connectivity index (χ3v) is 6.81. The first-order chi connectivity index (χ1) is 15.6. The summed E-state index contributed by atoms with van der Waals surface area (Å²) in [7, 11) is 2.09. The molecule has 3 aromatic rings. The molecule has 3 aliphatic rings. The first-order valence-electron chi connectivity index (χ1n) is 11.3. The van der Waals surface area contributed by atoms with Crippen LogP contribution in [0.15, 0.2) is 60.4 Å². The summed E-state index contributed by atoms with van der Waals surface area (Å²) in [5.74, 6) is 1.97. The van der Waals surface area contributed by atoms with Gasteiger partial charge in [0.25, 0.3) is 0 Å². The number of ether oxygens (including phenoxy) is 1. The van der Waals surface area contributed by atoms with Gasteiger partial charge in [0.15, 0.2) is 0 Å². The molecule has 0 saturated carbocycles. The second-order valence-corrected chi connectivity index (χ2v) is 9.05. The molecule has 1 atom stereocenters. The summed E-state index contributed by atoms with van der Waals surface area (Å²) in [5, 5.41) is 4.28. The number of benzene rings is 1. The maximum Gasteiger partial charge on any atom is 0.234 e. The van der Waals surface area contributed by atoms with Crippen molar-refractivity contribution >= 4 is 16.8 Å². The summed E-state index contributed by atoms with van der Waals surface area (Å²) >= 11 is 0. The van der Waals surface area contributed by atoms with E-state index in [1.165, 1.54) is 22.0 Å². The fourth-order valence-electron chi connectivity index (χ4n) is 5.16. The smallest absolute Gasteiger partial charge is 0.234 e. The number of amides is 1. The van der Waals surface area contributed by atoms with Crippen LogP contribution in [0.25, 0.3) is 10.9 Å². The Balaban J connectivity index is 1.46. The van der Waals surface area contributed by atoms with Gasteiger partial charge in [-0.25, -0.2) is 4.98 Å². The van der Waals surface area contributed by atoms with E-state index in [2.05, 4.69) is 67.9 Å². The van der Waals surface area contributed by atoms with Gasteiger partial charge in [0, 0.05) is 62.4 Å². The van der Waals surface area contributed by atoms with Gasteiger partial charge in [0.05, 0.1) is 18.6 Å². The highest BCUT2D eigenvalue weighted by Crippen LogP contribution is 2.30. The molecule has 7 heteroatoms. The van der Waals surface area contributed by atoms with Crippen LogP contribution in [-0.4, -0.2) is 44.1 Å². The number of carbonyl (C=O) groups excluding carboxylic acids is 1. The summed E-state index contributed by atoms with van der Waals surface area (Å²) in [5.41, 5.74) is 4.83. The van der Waals surface area contributed by atoms with Crippen LogP contribution >= 0.6 is 0 Å². The Bertz CT molecular complexity index is 1260. The maximum absolute atomic E-state index is 12.3. The lowest BCUT2D eigenvalue weighted by Crippen LogP contribution is -2.54. The lowest BCUT2D eigenvalue weighted by Gasteiger charge is -2.35. The molecule has 4 heterocycles. The molecular formula is C25H27N5O2. The molecule has 0 spiro atoms. The van der Waals surface area contributed by atoms with Gasteiger partial charge in [-0.2, -0.15) is 0 Å². The first kappa shape index (κ1) is 19.4. The van der Waals surface area contributed by atoms with Crippen LogP contribution in [0.2, 0.25) is 0 Å². The zero-order valence-corrected chi connectivity index (χ0v) is 18.3. The van der Waals surface area contributed by atoms with E-state index in [4.69, 9.17) is 4.74 Å². The second-order valence-electron chi connectivity index (χ2n) is 9.05. The third-order valence-electron chi connectivity index (χ3n) is 6.81. The predicted molar refractivity (Wildman–Crippen MR) is 122 cm³/mol. The number of hydrogen-bond acceptors (Lipinski definition) is 4. The summed E-state index contributed by atoms with van der Waals surface area (Å²) in [6, 6.07) is 6.59. The minimum atomic E-state index is 0.0846. The predicted octanol–water partition coefficient (Wildman–Crippen LogP) is 2.91. The van der Waals surface area contributed by atoms with Crippen molar-refractivity contribution in [1.82, 2.24) is 24.3 Å². The van der Waals surface area contributed by atoms with E-state index in [1.807, 2.05) is 12.5 Å². The number of nitrogens with zero attached hydrogens (tertiary/aromatic N) is 4. The summed E-state index contributed by atoms with van der Waals surface area (Å²) in [4.78, 5) is 19.0. The average Bonchev–Trinajstić information content (AvgIpc) is 3.33. The highest BCUT2D eigenvalue weighted by atomic mass is 16.5. The number of rotatable bonds is 0. The van der Waals surface area contributed by atoms with E-state index in [1.54, 1.807) is 0 Å². The van der Waals surface area contributed by atoms with Crippen molar-refractivity contribution in [2.75, 3.05) is 13.1 Å². The number of allylic oxidation sites excluding steroid dienone is 4. The standard InChI is InChI=1S/C25H27N5O2/c1-28-13-18-8-19-11-27-25(31)15-29(19)14-20-10-26-16-30(20)12-17-3-2-4-21(7-17)32-22-5-6-24(28)23(18)9-22/h3,5-7,9-10,13,16,19H,2,4,8,11-12,14-15H2,1H3,(H,27,31)/t19-/m1/s1. The molecule has 1 saturated heterocycles.